The van der Waals surface area contributed by atoms with E-state index >= 15 is 0 Å². The zero-order valence-corrected chi connectivity index (χ0v) is 11.0. The van der Waals surface area contributed by atoms with Crippen LogP contribution in [0.3, 0.4) is 0 Å². The Morgan fingerprint density at radius 1 is 1.58 bits per heavy atom. The van der Waals surface area contributed by atoms with E-state index < -0.39 is 0 Å². The molecule has 0 amide bonds. The van der Waals surface area contributed by atoms with Crippen LogP contribution in [0.25, 0.3) is 11.4 Å². The Kier molecular flexibility index (Phi) is 3.11. The van der Waals surface area contributed by atoms with E-state index in [1.165, 1.54) is 0 Å². The molecule has 19 heavy (non-hydrogen) atoms. The molecule has 100 valence electrons. The number of aromatic nitrogens is 3. The summed E-state index contributed by atoms with van der Waals surface area (Å²) in [7, 11) is 0. The van der Waals surface area contributed by atoms with Crippen LogP contribution in [0.15, 0.2) is 18.6 Å². The molecule has 0 saturated carbocycles. The quantitative estimate of drug-likeness (QED) is 0.861. The smallest absolute Gasteiger partial charge is 0.340 e. The molecule has 1 N–H and O–H groups in total. The van der Waals surface area contributed by atoms with Gasteiger partial charge >= 0.3 is 5.97 Å². The van der Waals surface area contributed by atoms with Gasteiger partial charge in [0, 0.05) is 30.8 Å². The van der Waals surface area contributed by atoms with Gasteiger partial charge in [0.1, 0.15) is 5.82 Å². The maximum Gasteiger partial charge on any atom is 0.340 e. The predicted octanol–water partition coefficient (Wildman–Crippen LogP) is 2.39. The van der Waals surface area contributed by atoms with Gasteiger partial charge in [0.05, 0.1) is 17.7 Å². The molecule has 1 aliphatic rings. The molecule has 5 heteroatoms. The van der Waals surface area contributed by atoms with Crippen LogP contribution in [0.4, 0.5) is 0 Å². The summed E-state index contributed by atoms with van der Waals surface area (Å²) in [5, 5.41) is 0. The van der Waals surface area contributed by atoms with Crippen molar-refractivity contribution in [2.75, 3.05) is 6.61 Å². The molecule has 0 unspecified atom stereocenters. The minimum Gasteiger partial charge on any atom is -0.462 e. The van der Waals surface area contributed by atoms with Crippen molar-refractivity contribution in [1.29, 1.82) is 0 Å². The van der Waals surface area contributed by atoms with Gasteiger partial charge in [-0.2, -0.15) is 0 Å². The number of rotatable bonds is 3. The van der Waals surface area contributed by atoms with E-state index in [0.717, 1.165) is 42.9 Å². The third-order valence-electron chi connectivity index (χ3n) is 3.38. The monoisotopic (exact) mass is 259 g/mol. The Morgan fingerprint density at radius 3 is 3.32 bits per heavy atom. The number of imidazole rings is 1. The van der Waals surface area contributed by atoms with Gasteiger partial charge in [-0.05, 0) is 19.3 Å². The average molecular weight is 259 g/mol. The second-order valence-electron chi connectivity index (χ2n) is 4.74. The van der Waals surface area contributed by atoms with Crippen LogP contribution in [0.2, 0.25) is 0 Å². The number of fused-ring (bicyclic) bond motifs is 3. The fourth-order valence-electron chi connectivity index (χ4n) is 2.50. The second kappa shape index (κ2) is 4.91. The summed E-state index contributed by atoms with van der Waals surface area (Å²) in [5.74, 6) is 0.591. The number of esters is 1. The van der Waals surface area contributed by atoms with Crippen LogP contribution in [0.5, 0.6) is 0 Å². The predicted molar refractivity (Wildman–Crippen MR) is 70.9 cm³/mol. The topological polar surface area (TPSA) is 59.9 Å². The van der Waals surface area contributed by atoms with Gasteiger partial charge in [0.25, 0.3) is 0 Å². The summed E-state index contributed by atoms with van der Waals surface area (Å²) in [6.45, 7) is 3.37. The minimum absolute atomic E-state index is 0.268. The molecule has 2 aromatic heterocycles. The Morgan fingerprint density at radius 2 is 2.47 bits per heavy atom. The molecule has 5 nitrogen and oxygen atoms in total. The van der Waals surface area contributed by atoms with E-state index in [1.807, 2.05) is 13.1 Å². The number of nitrogens with one attached hydrogen (secondary N) is 1. The number of hydrogen-bond donors (Lipinski definition) is 1. The van der Waals surface area contributed by atoms with Crippen LogP contribution in [-0.4, -0.2) is 27.1 Å². The fraction of sp³-hybridized carbons (Fsp3) is 0.429. The zero-order valence-electron chi connectivity index (χ0n) is 11.0. The van der Waals surface area contributed by atoms with E-state index in [9.17, 15) is 4.79 Å². The van der Waals surface area contributed by atoms with E-state index in [1.54, 1.807) is 12.4 Å². The highest BCUT2D eigenvalue weighted by Gasteiger charge is 2.24. The van der Waals surface area contributed by atoms with Crippen molar-refractivity contribution in [1.82, 2.24) is 14.5 Å². The van der Waals surface area contributed by atoms with Crippen molar-refractivity contribution in [2.24, 2.45) is 0 Å². The molecule has 2 aromatic rings. The fourth-order valence-corrected chi connectivity index (χ4v) is 2.50. The molecule has 0 radical (unpaired) electrons. The number of carbonyl (C=O) groups excluding carboxylic acids is 1. The average Bonchev–Trinajstić information content (AvgIpc) is 3.00. The highest BCUT2D eigenvalue weighted by Crippen LogP contribution is 2.30. The van der Waals surface area contributed by atoms with Gasteiger partial charge in [-0.3, -0.25) is 0 Å². The lowest BCUT2D eigenvalue weighted by molar-refractivity contribution is 0.0506. The van der Waals surface area contributed by atoms with Crippen molar-refractivity contribution in [3.8, 4) is 11.4 Å². The third kappa shape index (κ3) is 2.05. The van der Waals surface area contributed by atoms with E-state index in [4.69, 9.17) is 4.74 Å². The van der Waals surface area contributed by atoms with Crippen molar-refractivity contribution in [3.63, 3.8) is 0 Å². The van der Waals surface area contributed by atoms with E-state index in [0.29, 0.717) is 12.2 Å². The standard InChI is InChI=1S/C14H17N3O2/c1-2-8-19-14(18)10-9-16-11-4-3-6-17-7-5-15-13(17)12(10)11/h5,7,9,16H,2-4,6,8H2,1H3. The van der Waals surface area contributed by atoms with Crippen LogP contribution < -0.4 is 0 Å². The lowest BCUT2D eigenvalue weighted by atomic mass is 10.1. The van der Waals surface area contributed by atoms with E-state index in [2.05, 4.69) is 14.5 Å². The molecule has 0 saturated heterocycles. The Hall–Kier alpha value is -2.04. The maximum absolute atomic E-state index is 12.1. The summed E-state index contributed by atoms with van der Waals surface area (Å²) in [4.78, 5) is 19.7. The largest absolute Gasteiger partial charge is 0.462 e. The van der Waals surface area contributed by atoms with Gasteiger partial charge < -0.3 is 14.3 Å². The first-order valence-corrected chi connectivity index (χ1v) is 6.70. The highest BCUT2D eigenvalue weighted by atomic mass is 16.5. The minimum atomic E-state index is -0.268. The first kappa shape index (κ1) is 12.0. The van der Waals surface area contributed by atoms with Gasteiger partial charge in [-0.1, -0.05) is 6.92 Å². The van der Waals surface area contributed by atoms with Crippen molar-refractivity contribution in [3.05, 3.63) is 29.8 Å². The second-order valence-corrected chi connectivity index (χ2v) is 4.74. The number of ether oxygens (including phenoxy) is 1. The summed E-state index contributed by atoms with van der Waals surface area (Å²) in [6, 6.07) is 0. The number of nitrogens with zero attached hydrogens (tertiary/aromatic N) is 2. The number of carbonyl (C=O) groups is 1. The SMILES string of the molecule is CCCOC(=O)c1c[nH]c2c1-c1nccn1CCC2. The molecule has 0 aromatic carbocycles. The van der Waals surface area contributed by atoms with Crippen LogP contribution >= 0.6 is 0 Å². The molecule has 0 atom stereocenters. The van der Waals surface area contributed by atoms with Gasteiger partial charge in [-0.15, -0.1) is 0 Å². The maximum atomic E-state index is 12.1. The molecular weight excluding hydrogens is 242 g/mol. The molecule has 3 heterocycles. The molecule has 0 spiro atoms. The first-order valence-electron chi connectivity index (χ1n) is 6.70. The highest BCUT2D eigenvalue weighted by molar-refractivity contribution is 5.97. The number of H-pyrrole nitrogens is 1. The lowest BCUT2D eigenvalue weighted by Gasteiger charge is -2.06. The normalized spacial score (nSPS) is 13.5. The molecule has 0 fully saturated rings. The molecule has 3 rings (SSSR count). The van der Waals surface area contributed by atoms with Gasteiger partial charge in [-0.25, -0.2) is 9.78 Å². The summed E-state index contributed by atoms with van der Waals surface area (Å²) in [6.07, 6.45) is 8.28. The molecule has 0 bridgehead atoms. The van der Waals surface area contributed by atoms with Crippen LogP contribution in [-0.2, 0) is 17.7 Å². The Balaban J connectivity index is 2.03. The first-order chi connectivity index (χ1) is 9.31. The van der Waals surface area contributed by atoms with Gasteiger partial charge in [0.15, 0.2) is 0 Å². The zero-order chi connectivity index (χ0) is 13.2. The van der Waals surface area contributed by atoms with Gasteiger partial charge in [0.2, 0.25) is 0 Å². The van der Waals surface area contributed by atoms with Crippen molar-refractivity contribution >= 4 is 5.97 Å². The van der Waals surface area contributed by atoms with Crippen molar-refractivity contribution < 1.29 is 9.53 Å². The van der Waals surface area contributed by atoms with Crippen LogP contribution in [0.1, 0.15) is 35.8 Å². The lowest BCUT2D eigenvalue weighted by Crippen LogP contribution is -2.07. The summed E-state index contributed by atoms with van der Waals surface area (Å²) in [5.41, 5.74) is 2.58. The van der Waals surface area contributed by atoms with Crippen LogP contribution in [0, 0.1) is 0 Å². The number of aryl methyl sites for hydroxylation is 2. The summed E-state index contributed by atoms with van der Waals surface area (Å²) < 4.78 is 7.33. The van der Waals surface area contributed by atoms with Crippen molar-refractivity contribution in [2.45, 2.75) is 32.7 Å². The Bertz CT molecular complexity index is 598. The third-order valence-corrected chi connectivity index (χ3v) is 3.38. The van der Waals surface area contributed by atoms with E-state index in [-0.39, 0.29) is 5.97 Å². The molecule has 0 aliphatic carbocycles. The number of hydrogen-bond acceptors (Lipinski definition) is 3. The summed E-state index contributed by atoms with van der Waals surface area (Å²) >= 11 is 0. The molecule has 1 aliphatic heterocycles. The Labute approximate surface area is 111 Å². The number of aromatic amines is 1. The molecular formula is C14H17N3O2.